The zero-order valence-corrected chi connectivity index (χ0v) is 21.6. The van der Waals surface area contributed by atoms with Crippen molar-refractivity contribution in [3.05, 3.63) is 101 Å². The molecule has 0 spiro atoms. The molecule has 0 aromatic heterocycles. The van der Waals surface area contributed by atoms with Crippen LogP contribution in [-0.2, 0) is 0 Å². The van der Waals surface area contributed by atoms with E-state index in [-0.39, 0.29) is 11.6 Å². The molecule has 3 rings (SSSR count). The van der Waals surface area contributed by atoms with Gasteiger partial charge in [0, 0.05) is 0 Å². The molecule has 0 unspecified atom stereocenters. The van der Waals surface area contributed by atoms with Crippen LogP contribution in [0.2, 0.25) is 39.3 Å². The van der Waals surface area contributed by atoms with Gasteiger partial charge in [-0.25, -0.2) is 8.78 Å². The molecule has 0 aliphatic carbocycles. The van der Waals surface area contributed by atoms with Crippen molar-refractivity contribution in [3.8, 4) is 0 Å². The van der Waals surface area contributed by atoms with Crippen LogP contribution in [-0.4, -0.2) is 16.1 Å². The second kappa shape index (κ2) is 8.68. The molecule has 0 saturated heterocycles. The Balaban J connectivity index is 2.54. The summed E-state index contributed by atoms with van der Waals surface area (Å²) < 4.78 is 28.2. The van der Waals surface area contributed by atoms with Gasteiger partial charge in [0.05, 0.1) is 16.1 Å². The van der Waals surface area contributed by atoms with Gasteiger partial charge >= 0.3 is 0 Å². The van der Waals surface area contributed by atoms with Gasteiger partial charge in [-0.05, 0) is 69.4 Å². The van der Waals surface area contributed by atoms with E-state index in [0.29, 0.717) is 0 Å². The average Bonchev–Trinajstić information content (AvgIpc) is 2.66. The third-order valence-corrected chi connectivity index (χ3v) is 9.67. The fraction of sp³-hybridized carbons (Fsp3) is 0.259. The van der Waals surface area contributed by atoms with E-state index in [1.807, 2.05) is 24.3 Å². The maximum absolute atomic E-state index is 14.4. The minimum atomic E-state index is -1.91. The predicted molar refractivity (Wildman–Crippen MR) is 136 cm³/mol. The molecular weight excluding hydrogens is 418 g/mol. The molecule has 3 aromatic rings. The second-order valence-electron chi connectivity index (χ2n) is 10.3. The van der Waals surface area contributed by atoms with Crippen LogP contribution in [0.3, 0.4) is 0 Å². The lowest BCUT2D eigenvalue weighted by Crippen LogP contribution is -2.41. The summed E-state index contributed by atoms with van der Waals surface area (Å²) in [5.41, 5.74) is 5.67. The van der Waals surface area contributed by atoms with E-state index in [0.717, 1.165) is 21.9 Å². The molecule has 162 valence electrons. The Bertz CT molecular complexity index is 1120. The fourth-order valence-corrected chi connectivity index (χ4v) is 7.83. The maximum atomic E-state index is 14.4. The molecule has 31 heavy (non-hydrogen) atoms. The molecule has 0 saturated carbocycles. The first-order chi connectivity index (χ1) is 14.4. The van der Waals surface area contributed by atoms with Crippen LogP contribution in [0.4, 0.5) is 8.78 Å². The quantitative estimate of drug-likeness (QED) is 0.276. The number of hydrogen-bond acceptors (Lipinski definition) is 0. The summed E-state index contributed by atoms with van der Waals surface area (Å²) in [6, 6.07) is 20.5. The van der Waals surface area contributed by atoms with E-state index in [9.17, 15) is 8.78 Å². The summed E-state index contributed by atoms with van der Waals surface area (Å²) in [6.07, 6.45) is 0. The van der Waals surface area contributed by atoms with Crippen LogP contribution >= 0.6 is 0 Å². The van der Waals surface area contributed by atoms with E-state index in [4.69, 9.17) is 0 Å². The van der Waals surface area contributed by atoms with Gasteiger partial charge in [0.25, 0.3) is 0 Å². The Morgan fingerprint density at radius 2 is 1.26 bits per heavy atom. The Hall–Kier alpha value is -2.31. The van der Waals surface area contributed by atoms with Crippen molar-refractivity contribution in [1.82, 2.24) is 0 Å². The highest BCUT2D eigenvalue weighted by atomic mass is 28.3. The first-order valence-corrected chi connectivity index (χ1v) is 17.8. The van der Waals surface area contributed by atoms with Crippen molar-refractivity contribution in [1.29, 1.82) is 0 Å². The lowest BCUT2D eigenvalue weighted by molar-refractivity contribution is 0.627. The summed E-state index contributed by atoms with van der Waals surface area (Å²) >= 11 is 0. The Morgan fingerprint density at radius 3 is 1.81 bits per heavy atom. The molecule has 4 heteroatoms. The van der Waals surface area contributed by atoms with Crippen molar-refractivity contribution in [2.45, 2.75) is 46.2 Å². The minimum absolute atomic E-state index is 0.193. The Kier molecular flexibility index (Phi) is 6.54. The Morgan fingerprint density at radius 1 is 0.677 bits per heavy atom. The first-order valence-electron chi connectivity index (χ1n) is 10.8. The van der Waals surface area contributed by atoms with Crippen molar-refractivity contribution in [3.63, 3.8) is 0 Å². The summed E-state index contributed by atoms with van der Waals surface area (Å²) in [6.45, 7) is 15.9. The number of rotatable bonds is 5. The van der Waals surface area contributed by atoms with Gasteiger partial charge in [0.1, 0.15) is 11.6 Å². The monoisotopic (exact) mass is 450 g/mol. The van der Waals surface area contributed by atoms with E-state index in [2.05, 4.69) is 64.4 Å². The first kappa shape index (κ1) is 23.4. The van der Waals surface area contributed by atoms with Crippen LogP contribution in [0.1, 0.15) is 22.3 Å². The van der Waals surface area contributed by atoms with Crippen molar-refractivity contribution in [2.24, 2.45) is 0 Å². The normalized spacial score (nSPS) is 13.2. The van der Waals surface area contributed by atoms with Crippen LogP contribution in [0.15, 0.2) is 66.7 Å². The molecule has 0 nitrogen and oxygen atoms in total. The van der Waals surface area contributed by atoms with Crippen molar-refractivity contribution in [2.75, 3.05) is 0 Å². The summed E-state index contributed by atoms with van der Waals surface area (Å²) in [5.74, 6) is -0.428. The standard InChI is InChI=1S/C27H32F2Si2/c1-19-10-8-9-11-23(19)26(24-17-16-22(29)18-25(24)30(2,3)4)27(31(5,6)7)20-12-14-21(28)15-13-20/h8-18H,1-7H3. The third kappa shape index (κ3) is 5.13. The topological polar surface area (TPSA) is 0 Å². The molecule has 0 radical (unpaired) electrons. The largest absolute Gasteiger partial charge is 0.207 e. The molecular formula is C27H32F2Si2. The third-order valence-electron chi connectivity index (χ3n) is 5.61. The Labute approximate surface area is 187 Å². The van der Waals surface area contributed by atoms with Crippen molar-refractivity contribution >= 4 is 32.1 Å². The summed E-state index contributed by atoms with van der Waals surface area (Å²) in [4.78, 5) is 0. The molecule has 0 bridgehead atoms. The molecule has 0 N–H and O–H groups in total. The maximum Gasteiger partial charge on any atom is 0.123 e. The molecule has 0 amide bonds. The number of aryl methyl sites for hydroxylation is 1. The van der Waals surface area contributed by atoms with Crippen LogP contribution in [0, 0.1) is 18.6 Å². The van der Waals surface area contributed by atoms with Gasteiger partial charge in [-0.2, -0.15) is 0 Å². The lowest BCUT2D eigenvalue weighted by Gasteiger charge is -2.30. The van der Waals surface area contributed by atoms with E-state index >= 15 is 0 Å². The van der Waals surface area contributed by atoms with Crippen LogP contribution < -0.4 is 5.19 Å². The predicted octanol–water partition coefficient (Wildman–Crippen LogP) is 7.65. The van der Waals surface area contributed by atoms with Crippen molar-refractivity contribution < 1.29 is 8.78 Å². The van der Waals surface area contributed by atoms with Gasteiger partial charge < -0.3 is 0 Å². The summed E-state index contributed by atoms with van der Waals surface area (Å²) in [5, 5.41) is 2.39. The second-order valence-corrected chi connectivity index (χ2v) is 20.3. The smallest absolute Gasteiger partial charge is 0.123 e. The highest BCUT2D eigenvalue weighted by molar-refractivity contribution is 6.95. The van der Waals surface area contributed by atoms with E-state index in [1.165, 1.54) is 28.5 Å². The average molecular weight is 451 g/mol. The van der Waals surface area contributed by atoms with E-state index in [1.54, 1.807) is 12.1 Å². The number of benzene rings is 3. The van der Waals surface area contributed by atoms with Crippen LogP contribution in [0.5, 0.6) is 0 Å². The number of hydrogen-bond donors (Lipinski definition) is 0. The fourth-order valence-electron chi connectivity index (χ4n) is 4.19. The molecule has 3 aromatic carbocycles. The zero-order chi connectivity index (χ0) is 23.0. The molecule has 0 aliphatic heterocycles. The van der Waals surface area contributed by atoms with Gasteiger partial charge in [-0.1, -0.05) is 81.7 Å². The van der Waals surface area contributed by atoms with E-state index < -0.39 is 16.1 Å². The lowest BCUT2D eigenvalue weighted by atomic mass is 9.92. The zero-order valence-electron chi connectivity index (χ0n) is 19.6. The summed E-state index contributed by atoms with van der Waals surface area (Å²) in [7, 11) is -3.77. The highest BCUT2D eigenvalue weighted by Crippen LogP contribution is 2.39. The van der Waals surface area contributed by atoms with Gasteiger partial charge in [0.2, 0.25) is 0 Å². The molecule has 0 heterocycles. The molecule has 0 fully saturated rings. The molecule has 0 atom stereocenters. The molecule has 0 aliphatic rings. The van der Waals surface area contributed by atoms with Crippen LogP contribution in [0.25, 0.3) is 10.8 Å². The highest BCUT2D eigenvalue weighted by Gasteiger charge is 2.30. The number of halogens is 2. The minimum Gasteiger partial charge on any atom is -0.207 e. The van der Waals surface area contributed by atoms with Gasteiger partial charge in [-0.3, -0.25) is 0 Å². The van der Waals surface area contributed by atoms with Gasteiger partial charge in [-0.15, -0.1) is 0 Å². The van der Waals surface area contributed by atoms with Gasteiger partial charge in [0.15, 0.2) is 0 Å². The SMILES string of the molecule is Cc1ccccc1C(=C(c1ccc(F)cc1)[Si](C)(C)C)c1ccc(F)cc1[Si](C)(C)C.